The monoisotopic (exact) mass is 269 g/mol. The topological polar surface area (TPSA) is 97.2 Å². The second-order valence-corrected chi connectivity index (χ2v) is 5.58. The van der Waals surface area contributed by atoms with Gasteiger partial charge in [0.05, 0.1) is 6.61 Å². The molecule has 0 spiro atoms. The average Bonchev–Trinajstić information content (AvgIpc) is 2.72. The highest BCUT2D eigenvalue weighted by Gasteiger charge is 2.18. The largest absolute Gasteiger partial charge is 0.399 e. The molecule has 1 heterocycles. The molecule has 7 heteroatoms. The third-order valence-electron chi connectivity index (χ3n) is 2.56. The standard InChI is InChI=1S/C11H15N3O3S/c1-17-5-4-14-18(15,16)11-7-13-10-3-2-8(12)6-9(10)11/h2-3,6-7,13-14H,4-5,12H2,1H3. The van der Waals surface area contributed by atoms with Crippen molar-refractivity contribution in [3.8, 4) is 0 Å². The Bertz CT molecular complexity index is 649. The third-order valence-corrected chi connectivity index (χ3v) is 4.06. The Morgan fingerprint density at radius 1 is 1.44 bits per heavy atom. The van der Waals surface area contributed by atoms with Crippen molar-refractivity contribution in [1.82, 2.24) is 9.71 Å². The first-order chi connectivity index (χ1) is 8.54. The van der Waals surface area contributed by atoms with E-state index in [0.717, 1.165) is 5.52 Å². The summed E-state index contributed by atoms with van der Waals surface area (Å²) in [5.74, 6) is 0. The number of methoxy groups -OCH3 is 1. The van der Waals surface area contributed by atoms with Crippen LogP contribution in [0.3, 0.4) is 0 Å². The van der Waals surface area contributed by atoms with Crippen LogP contribution in [0.1, 0.15) is 0 Å². The van der Waals surface area contributed by atoms with E-state index in [1.54, 1.807) is 18.2 Å². The lowest BCUT2D eigenvalue weighted by atomic mass is 10.2. The molecule has 18 heavy (non-hydrogen) atoms. The summed E-state index contributed by atoms with van der Waals surface area (Å²) in [6.45, 7) is 0.553. The Labute approximate surface area is 105 Å². The Kier molecular flexibility index (Phi) is 3.55. The molecular formula is C11H15N3O3S. The van der Waals surface area contributed by atoms with Crippen LogP contribution in [0.25, 0.3) is 10.9 Å². The van der Waals surface area contributed by atoms with E-state index < -0.39 is 10.0 Å². The Morgan fingerprint density at radius 3 is 2.94 bits per heavy atom. The highest BCUT2D eigenvalue weighted by Crippen LogP contribution is 2.24. The molecule has 0 radical (unpaired) electrons. The second-order valence-electron chi connectivity index (χ2n) is 3.85. The predicted octanol–water partition coefficient (Wildman–Crippen LogP) is 0.675. The fraction of sp³-hybridized carbons (Fsp3) is 0.273. The fourth-order valence-electron chi connectivity index (χ4n) is 1.69. The van der Waals surface area contributed by atoms with Crippen LogP contribution in [-0.2, 0) is 14.8 Å². The van der Waals surface area contributed by atoms with Crippen molar-refractivity contribution in [1.29, 1.82) is 0 Å². The highest BCUT2D eigenvalue weighted by atomic mass is 32.2. The quantitative estimate of drug-likeness (QED) is 0.549. The number of aromatic nitrogens is 1. The van der Waals surface area contributed by atoms with E-state index in [2.05, 4.69) is 9.71 Å². The number of nitrogen functional groups attached to an aromatic ring is 1. The minimum atomic E-state index is -3.55. The van der Waals surface area contributed by atoms with Gasteiger partial charge in [-0.15, -0.1) is 0 Å². The number of benzene rings is 1. The molecule has 98 valence electrons. The maximum Gasteiger partial charge on any atom is 0.242 e. The van der Waals surface area contributed by atoms with Crippen LogP contribution in [0.2, 0.25) is 0 Å². The molecule has 4 N–H and O–H groups in total. The number of nitrogens with two attached hydrogens (primary N) is 1. The molecule has 0 unspecified atom stereocenters. The fourth-order valence-corrected chi connectivity index (χ4v) is 2.87. The number of anilines is 1. The number of ether oxygens (including phenoxy) is 1. The number of H-pyrrole nitrogens is 1. The van der Waals surface area contributed by atoms with Crippen LogP contribution in [0, 0.1) is 0 Å². The van der Waals surface area contributed by atoms with Crippen molar-refractivity contribution < 1.29 is 13.2 Å². The van der Waals surface area contributed by atoms with E-state index in [1.165, 1.54) is 13.3 Å². The van der Waals surface area contributed by atoms with Gasteiger partial charge in [-0.3, -0.25) is 0 Å². The molecule has 0 amide bonds. The van der Waals surface area contributed by atoms with Crippen molar-refractivity contribution in [2.75, 3.05) is 26.0 Å². The summed E-state index contributed by atoms with van der Waals surface area (Å²) in [4.78, 5) is 3.10. The van der Waals surface area contributed by atoms with E-state index >= 15 is 0 Å². The summed E-state index contributed by atoms with van der Waals surface area (Å²) in [7, 11) is -2.03. The van der Waals surface area contributed by atoms with Crippen LogP contribution in [-0.4, -0.2) is 33.7 Å². The molecule has 0 saturated carbocycles. The molecule has 2 rings (SSSR count). The first-order valence-electron chi connectivity index (χ1n) is 5.40. The van der Waals surface area contributed by atoms with E-state index in [0.29, 0.717) is 17.7 Å². The van der Waals surface area contributed by atoms with Crippen LogP contribution in [0.15, 0.2) is 29.3 Å². The average molecular weight is 269 g/mol. The van der Waals surface area contributed by atoms with E-state index in [9.17, 15) is 8.42 Å². The minimum absolute atomic E-state index is 0.195. The van der Waals surface area contributed by atoms with Gasteiger partial charge < -0.3 is 15.5 Å². The van der Waals surface area contributed by atoms with Gasteiger partial charge in [-0.1, -0.05) is 0 Å². The summed E-state index contributed by atoms with van der Waals surface area (Å²) in [5, 5.41) is 0.583. The minimum Gasteiger partial charge on any atom is -0.399 e. The zero-order valence-electron chi connectivity index (χ0n) is 9.93. The molecule has 6 nitrogen and oxygen atoms in total. The van der Waals surface area contributed by atoms with Crippen LogP contribution >= 0.6 is 0 Å². The molecule has 1 aromatic carbocycles. The van der Waals surface area contributed by atoms with Gasteiger partial charge in [-0.25, -0.2) is 13.1 Å². The second kappa shape index (κ2) is 4.97. The lowest BCUT2D eigenvalue weighted by molar-refractivity contribution is 0.204. The summed E-state index contributed by atoms with van der Waals surface area (Å²) in [6.07, 6.45) is 1.46. The molecule has 0 aliphatic heterocycles. The van der Waals surface area contributed by atoms with Crippen LogP contribution in [0.4, 0.5) is 5.69 Å². The Hall–Kier alpha value is -1.57. The molecule has 0 bridgehead atoms. The Morgan fingerprint density at radius 2 is 2.22 bits per heavy atom. The lowest BCUT2D eigenvalue weighted by Gasteiger charge is -2.05. The van der Waals surface area contributed by atoms with Crippen molar-refractivity contribution in [3.63, 3.8) is 0 Å². The van der Waals surface area contributed by atoms with Crippen molar-refractivity contribution >= 4 is 26.6 Å². The Balaban J connectivity index is 2.38. The maximum absolute atomic E-state index is 12.1. The molecule has 0 fully saturated rings. The molecule has 0 aliphatic carbocycles. The van der Waals surface area contributed by atoms with Gasteiger partial charge in [0, 0.05) is 36.4 Å². The van der Waals surface area contributed by atoms with Gasteiger partial charge in [0.2, 0.25) is 10.0 Å². The van der Waals surface area contributed by atoms with Gasteiger partial charge in [-0.05, 0) is 18.2 Å². The lowest BCUT2D eigenvalue weighted by Crippen LogP contribution is -2.27. The third kappa shape index (κ3) is 2.47. The van der Waals surface area contributed by atoms with E-state index in [4.69, 9.17) is 10.5 Å². The van der Waals surface area contributed by atoms with Gasteiger partial charge in [0.15, 0.2) is 0 Å². The predicted molar refractivity (Wildman–Crippen MR) is 69.8 cm³/mol. The molecule has 0 atom stereocenters. The van der Waals surface area contributed by atoms with Crippen LogP contribution < -0.4 is 10.5 Å². The number of hydrogen-bond donors (Lipinski definition) is 3. The number of sulfonamides is 1. The summed E-state index contributed by atoms with van der Waals surface area (Å²) in [6, 6.07) is 5.10. The molecular weight excluding hydrogens is 254 g/mol. The first kappa shape index (κ1) is 12.9. The van der Waals surface area contributed by atoms with Crippen LogP contribution in [0.5, 0.6) is 0 Å². The smallest absolute Gasteiger partial charge is 0.242 e. The zero-order valence-corrected chi connectivity index (χ0v) is 10.8. The molecule has 2 aromatic rings. The van der Waals surface area contributed by atoms with Crippen molar-refractivity contribution in [2.45, 2.75) is 4.90 Å². The molecule has 0 aliphatic rings. The number of hydrogen-bond acceptors (Lipinski definition) is 4. The van der Waals surface area contributed by atoms with E-state index in [-0.39, 0.29) is 11.4 Å². The molecule has 0 saturated heterocycles. The SMILES string of the molecule is COCCNS(=O)(=O)c1c[nH]c2ccc(N)cc12. The number of aromatic amines is 1. The number of nitrogens with one attached hydrogen (secondary N) is 2. The normalized spacial score (nSPS) is 12.1. The van der Waals surface area contributed by atoms with Gasteiger partial charge >= 0.3 is 0 Å². The van der Waals surface area contributed by atoms with E-state index in [1.807, 2.05) is 0 Å². The maximum atomic E-state index is 12.1. The zero-order chi connectivity index (χ0) is 13.2. The van der Waals surface area contributed by atoms with Gasteiger partial charge in [0.1, 0.15) is 4.90 Å². The number of rotatable bonds is 5. The van der Waals surface area contributed by atoms with Gasteiger partial charge in [-0.2, -0.15) is 0 Å². The molecule has 1 aromatic heterocycles. The van der Waals surface area contributed by atoms with Gasteiger partial charge in [0.25, 0.3) is 0 Å². The number of fused-ring (bicyclic) bond motifs is 1. The summed E-state index contributed by atoms with van der Waals surface area (Å²) < 4.78 is 31.4. The summed E-state index contributed by atoms with van der Waals surface area (Å²) >= 11 is 0. The van der Waals surface area contributed by atoms with Crippen molar-refractivity contribution in [3.05, 3.63) is 24.4 Å². The summed E-state index contributed by atoms with van der Waals surface area (Å²) in [5.41, 5.74) is 6.92. The van der Waals surface area contributed by atoms with Crippen molar-refractivity contribution in [2.24, 2.45) is 0 Å². The first-order valence-corrected chi connectivity index (χ1v) is 6.88. The highest BCUT2D eigenvalue weighted by molar-refractivity contribution is 7.89.